The van der Waals surface area contributed by atoms with E-state index in [0.717, 1.165) is 16.7 Å². The average molecular weight is 376 g/mol. The summed E-state index contributed by atoms with van der Waals surface area (Å²) in [4.78, 5) is 25.5. The Balaban J connectivity index is 1.73. The molecule has 7 nitrogen and oxygen atoms in total. The highest BCUT2D eigenvalue weighted by atomic mass is 16.5. The van der Waals surface area contributed by atoms with Crippen LogP contribution in [0.1, 0.15) is 12.7 Å². The monoisotopic (exact) mass is 376 g/mol. The first-order chi connectivity index (χ1) is 13.6. The Kier molecular flexibility index (Phi) is 4.57. The van der Waals surface area contributed by atoms with Crippen molar-refractivity contribution in [1.29, 1.82) is 0 Å². The average Bonchev–Trinajstić information content (AvgIpc) is 3.10. The lowest BCUT2D eigenvalue weighted by molar-refractivity contribution is -0.117. The van der Waals surface area contributed by atoms with E-state index in [2.05, 4.69) is 10.4 Å². The number of benzene rings is 2. The Labute approximate surface area is 161 Å². The summed E-state index contributed by atoms with van der Waals surface area (Å²) in [5.74, 6) is 0.932. The standard InChI is InChI=1S/C21H20N4O3/c1-3-19-23-24(13-20(26)22-15-9-5-7-11-18(15)28-2)21(27)17-12-14-8-4-6-10-16(14)25(17)19/h4-12H,3,13H2,1-2H3,(H,22,26). The molecule has 1 amide bonds. The number of aryl methyl sites for hydroxylation is 1. The molecule has 0 aliphatic rings. The maximum atomic E-state index is 13.0. The van der Waals surface area contributed by atoms with Crippen LogP contribution in [-0.4, -0.2) is 27.2 Å². The Morgan fingerprint density at radius 2 is 1.86 bits per heavy atom. The van der Waals surface area contributed by atoms with Crippen LogP contribution >= 0.6 is 0 Å². The van der Waals surface area contributed by atoms with Gasteiger partial charge in [0.25, 0.3) is 5.56 Å². The van der Waals surface area contributed by atoms with Crippen LogP contribution in [0.3, 0.4) is 0 Å². The molecule has 0 radical (unpaired) electrons. The van der Waals surface area contributed by atoms with Crippen molar-refractivity contribution < 1.29 is 9.53 Å². The highest BCUT2D eigenvalue weighted by molar-refractivity contribution is 5.92. The minimum Gasteiger partial charge on any atom is -0.495 e. The number of fused-ring (bicyclic) bond motifs is 3. The first-order valence-electron chi connectivity index (χ1n) is 9.05. The number of anilines is 1. The van der Waals surface area contributed by atoms with Crippen LogP contribution < -0.4 is 15.6 Å². The maximum absolute atomic E-state index is 13.0. The zero-order valence-electron chi connectivity index (χ0n) is 15.7. The van der Waals surface area contributed by atoms with Gasteiger partial charge in [-0.25, -0.2) is 4.68 Å². The SMILES string of the molecule is CCc1nn(CC(=O)Nc2ccccc2OC)c(=O)c2cc3ccccc3n12. The first-order valence-corrected chi connectivity index (χ1v) is 9.05. The van der Waals surface area contributed by atoms with Gasteiger partial charge in [0, 0.05) is 11.8 Å². The number of para-hydroxylation sites is 3. The van der Waals surface area contributed by atoms with E-state index in [1.807, 2.05) is 47.7 Å². The van der Waals surface area contributed by atoms with E-state index < -0.39 is 0 Å². The van der Waals surface area contributed by atoms with Gasteiger partial charge in [0.05, 0.1) is 18.3 Å². The molecule has 0 fully saturated rings. The van der Waals surface area contributed by atoms with Crippen LogP contribution in [0.2, 0.25) is 0 Å². The fourth-order valence-corrected chi connectivity index (χ4v) is 3.36. The third-order valence-electron chi connectivity index (χ3n) is 4.65. The Hall–Kier alpha value is -3.61. The highest BCUT2D eigenvalue weighted by Crippen LogP contribution is 2.23. The van der Waals surface area contributed by atoms with E-state index in [0.29, 0.717) is 23.4 Å². The Morgan fingerprint density at radius 3 is 2.64 bits per heavy atom. The smallest absolute Gasteiger partial charge is 0.291 e. The largest absolute Gasteiger partial charge is 0.495 e. The number of carbonyl (C=O) groups excluding carboxylic acids is 1. The van der Waals surface area contributed by atoms with Crippen LogP contribution in [-0.2, 0) is 17.8 Å². The zero-order valence-corrected chi connectivity index (χ0v) is 15.7. The number of carbonyl (C=O) groups is 1. The van der Waals surface area contributed by atoms with E-state index in [-0.39, 0.29) is 18.0 Å². The third-order valence-corrected chi connectivity index (χ3v) is 4.65. The second-order valence-electron chi connectivity index (χ2n) is 6.40. The molecule has 0 unspecified atom stereocenters. The molecule has 2 aromatic carbocycles. The molecule has 142 valence electrons. The molecule has 0 aliphatic heterocycles. The van der Waals surface area contributed by atoms with Gasteiger partial charge in [-0.1, -0.05) is 37.3 Å². The summed E-state index contributed by atoms with van der Waals surface area (Å²) in [7, 11) is 1.54. The summed E-state index contributed by atoms with van der Waals surface area (Å²) < 4.78 is 8.33. The lowest BCUT2D eigenvalue weighted by Crippen LogP contribution is -2.32. The molecule has 7 heteroatoms. The lowest BCUT2D eigenvalue weighted by Gasteiger charge is -2.12. The fraction of sp³-hybridized carbons (Fsp3) is 0.190. The van der Waals surface area contributed by atoms with E-state index in [1.54, 1.807) is 18.2 Å². The van der Waals surface area contributed by atoms with E-state index in [9.17, 15) is 9.59 Å². The molecule has 4 rings (SSSR count). The molecule has 0 aliphatic carbocycles. The number of nitrogens with zero attached hydrogens (tertiary/aromatic N) is 3. The van der Waals surface area contributed by atoms with Crippen molar-refractivity contribution in [2.24, 2.45) is 0 Å². The zero-order chi connectivity index (χ0) is 19.7. The van der Waals surface area contributed by atoms with Crippen molar-refractivity contribution in [2.75, 3.05) is 12.4 Å². The molecule has 28 heavy (non-hydrogen) atoms. The summed E-state index contributed by atoms with van der Waals surface area (Å²) in [6.07, 6.45) is 0.629. The van der Waals surface area contributed by atoms with Crippen molar-refractivity contribution >= 4 is 28.0 Å². The van der Waals surface area contributed by atoms with E-state index in [1.165, 1.54) is 11.8 Å². The van der Waals surface area contributed by atoms with Crippen LogP contribution in [0.25, 0.3) is 16.4 Å². The molecule has 0 atom stereocenters. The fourth-order valence-electron chi connectivity index (χ4n) is 3.36. The minimum atomic E-state index is -0.346. The van der Waals surface area contributed by atoms with Gasteiger partial charge in [0.2, 0.25) is 5.91 Å². The van der Waals surface area contributed by atoms with Crippen molar-refractivity contribution in [1.82, 2.24) is 14.2 Å². The Morgan fingerprint density at radius 1 is 1.11 bits per heavy atom. The van der Waals surface area contributed by atoms with Gasteiger partial charge in [0.15, 0.2) is 0 Å². The molecule has 0 saturated carbocycles. The summed E-state index contributed by atoms with van der Waals surface area (Å²) in [5.41, 5.74) is 1.69. The minimum absolute atomic E-state index is 0.179. The molecule has 0 spiro atoms. The van der Waals surface area contributed by atoms with Gasteiger partial charge in [-0.15, -0.1) is 0 Å². The molecule has 1 N–H and O–H groups in total. The molecular formula is C21H20N4O3. The summed E-state index contributed by atoms with van der Waals surface area (Å²) in [5, 5.41) is 8.18. The third kappa shape index (κ3) is 3.00. The number of aromatic nitrogens is 3. The summed E-state index contributed by atoms with van der Waals surface area (Å²) >= 11 is 0. The van der Waals surface area contributed by atoms with E-state index in [4.69, 9.17) is 4.74 Å². The molecule has 2 heterocycles. The molecule has 0 saturated heterocycles. The first kappa shape index (κ1) is 17.8. The number of ether oxygens (including phenoxy) is 1. The highest BCUT2D eigenvalue weighted by Gasteiger charge is 2.15. The number of methoxy groups -OCH3 is 1. The summed E-state index contributed by atoms with van der Waals surface area (Å²) in [6.45, 7) is 1.79. The second-order valence-corrected chi connectivity index (χ2v) is 6.40. The maximum Gasteiger partial charge on any atom is 0.291 e. The predicted octanol–water partition coefficient (Wildman–Crippen LogP) is 2.86. The van der Waals surface area contributed by atoms with Gasteiger partial charge in [0.1, 0.15) is 23.6 Å². The number of hydrogen-bond donors (Lipinski definition) is 1. The van der Waals surface area contributed by atoms with Crippen molar-refractivity contribution in [3.8, 4) is 5.75 Å². The van der Waals surface area contributed by atoms with Crippen LogP contribution in [0, 0.1) is 0 Å². The van der Waals surface area contributed by atoms with Crippen molar-refractivity contribution in [3.05, 3.63) is 70.8 Å². The summed E-state index contributed by atoms with van der Waals surface area (Å²) in [6, 6.07) is 16.7. The number of rotatable bonds is 5. The van der Waals surface area contributed by atoms with Crippen molar-refractivity contribution in [3.63, 3.8) is 0 Å². The molecular weight excluding hydrogens is 356 g/mol. The second kappa shape index (κ2) is 7.19. The van der Waals surface area contributed by atoms with Gasteiger partial charge in [-0.2, -0.15) is 5.10 Å². The van der Waals surface area contributed by atoms with Crippen LogP contribution in [0.15, 0.2) is 59.4 Å². The van der Waals surface area contributed by atoms with Gasteiger partial charge < -0.3 is 10.1 Å². The number of hydrogen-bond acceptors (Lipinski definition) is 4. The molecule has 2 aromatic heterocycles. The van der Waals surface area contributed by atoms with Gasteiger partial charge in [-0.05, 0) is 24.3 Å². The number of amides is 1. The van der Waals surface area contributed by atoms with Crippen LogP contribution in [0.5, 0.6) is 5.75 Å². The number of nitrogens with one attached hydrogen (secondary N) is 1. The quantitative estimate of drug-likeness (QED) is 0.581. The predicted molar refractivity (Wildman–Crippen MR) is 108 cm³/mol. The van der Waals surface area contributed by atoms with Gasteiger partial charge >= 0.3 is 0 Å². The van der Waals surface area contributed by atoms with Gasteiger partial charge in [-0.3, -0.25) is 14.0 Å². The van der Waals surface area contributed by atoms with E-state index >= 15 is 0 Å². The molecule has 4 aromatic rings. The van der Waals surface area contributed by atoms with Crippen LogP contribution in [0.4, 0.5) is 5.69 Å². The normalized spacial score (nSPS) is 11.1. The lowest BCUT2D eigenvalue weighted by atomic mass is 10.2. The topological polar surface area (TPSA) is 77.6 Å². The Bertz CT molecular complexity index is 1240. The molecule has 0 bridgehead atoms. The van der Waals surface area contributed by atoms with Crippen molar-refractivity contribution in [2.45, 2.75) is 19.9 Å².